The predicted molar refractivity (Wildman–Crippen MR) is 127 cm³/mol. The second kappa shape index (κ2) is 25.0. The third-order valence-electron chi connectivity index (χ3n) is 4.15. The van der Waals surface area contributed by atoms with Gasteiger partial charge in [0, 0.05) is 27.7 Å². The van der Waals surface area contributed by atoms with Crippen molar-refractivity contribution < 1.29 is 99.8 Å². The number of carbonyl (C=O) groups is 5. The topological polar surface area (TPSA) is 367 Å². The summed E-state index contributed by atoms with van der Waals surface area (Å²) in [7, 11) is 0. The number of hydrogen-bond donors (Lipinski definition) is 13. The summed E-state index contributed by atoms with van der Waals surface area (Å²) in [5, 5.41) is 115. The molecule has 13 N–H and O–H groups in total. The summed E-state index contributed by atoms with van der Waals surface area (Å²) < 4.78 is 9.51. The summed E-state index contributed by atoms with van der Waals surface area (Å²) in [5.74, 6) is -5.39. The summed E-state index contributed by atoms with van der Waals surface area (Å²) in [6.07, 6.45) is -2.37. The quantitative estimate of drug-likeness (QED) is 0.0881. The molecule has 0 aromatic carbocycles. The van der Waals surface area contributed by atoms with Gasteiger partial charge in [-0.3, -0.25) is 24.0 Å². The van der Waals surface area contributed by atoms with Gasteiger partial charge in [0.25, 0.3) is 23.9 Å². The van der Waals surface area contributed by atoms with Crippen molar-refractivity contribution in [3.63, 3.8) is 0 Å². The van der Waals surface area contributed by atoms with Gasteiger partial charge >= 0.3 is 5.97 Å². The minimum absolute atomic E-state index is 0.833. The van der Waals surface area contributed by atoms with Crippen molar-refractivity contribution in [2.45, 2.75) is 45.0 Å². The van der Waals surface area contributed by atoms with Crippen molar-refractivity contribution in [1.82, 2.24) is 0 Å². The van der Waals surface area contributed by atoms with Crippen LogP contribution in [0.5, 0.6) is 0 Å². The number of aliphatic hydroxyl groups is 8. The first-order chi connectivity index (χ1) is 18.2. The minimum atomic E-state index is -3.10. The Hall–Kier alpha value is -3.05. The highest BCUT2D eigenvalue weighted by molar-refractivity contribution is 5.79. The molecule has 0 bridgehead atoms. The summed E-state index contributed by atoms with van der Waals surface area (Å²) in [4.78, 5) is 48.1. The van der Waals surface area contributed by atoms with Gasteiger partial charge in [-0.15, -0.1) is 0 Å². The Morgan fingerprint density at radius 2 is 0.750 bits per heavy atom. The maximum Gasteiger partial charge on any atom is 0.318 e. The zero-order valence-electron chi connectivity index (χ0n) is 22.2. The zero-order chi connectivity index (χ0) is 33.3. The summed E-state index contributed by atoms with van der Waals surface area (Å²) in [5.41, 5.74) is -8.56. The van der Waals surface area contributed by atoms with Gasteiger partial charge in [-0.05, 0) is 0 Å². The highest BCUT2D eigenvalue weighted by Crippen LogP contribution is 2.49. The molecule has 0 aliphatic rings. The van der Waals surface area contributed by atoms with E-state index in [1.54, 1.807) is 0 Å². The molecule has 240 valence electrons. The van der Waals surface area contributed by atoms with E-state index in [0.717, 1.165) is 27.7 Å². The Balaban J connectivity index is -0.000000207. The van der Waals surface area contributed by atoms with Gasteiger partial charge in [0.1, 0.15) is 24.8 Å². The van der Waals surface area contributed by atoms with Crippen LogP contribution in [0.1, 0.15) is 27.7 Å². The Bertz CT molecular complexity index is 629. The molecule has 0 aromatic heterocycles. The maximum absolute atomic E-state index is 12.1. The fraction of sp³-hybridized carbons (Fsp3) is 0.750. The molecule has 0 radical (unpaired) electrons. The van der Waals surface area contributed by atoms with E-state index in [4.69, 9.17) is 59.3 Å². The first-order valence-corrected chi connectivity index (χ1v) is 10.5. The minimum Gasteiger partial charge on any atom is -0.481 e. The summed E-state index contributed by atoms with van der Waals surface area (Å²) in [6.45, 7) is -4.73. The largest absolute Gasteiger partial charge is 0.481 e. The van der Waals surface area contributed by atoms with Crippen LogP contribution >= 0.6 is 0 Å². The molecular formula is C20H40O20. The number of aliphatic carboxylic acids is 5. The van der Waals surface area contributed by atoms with E-state index in [1.807, 2.05) is 0 Å². The van der Waals surface area contributed by atoms with E-state index in [0.29, 0.717) is 0 Å². The van der Waals surface area contributed by atoms with Crippen molar-refractivity contribution in [2.24, 2.45) is 5.41 Å². The van der Waals surface area contributed by atoms with Gasteiger partial charge < -0.3 is 75.9 Å². The van der Waals surface area contributed by atoms with Crippen LogP contribution in [0.2, 0.25) is 0 Å². The van der Waals surface area contributed by atoms with Crippen LogP contribution in [0.3, 0.4) is 0 Å². The van der Waals surface area contributed by atoms with Crippen LogP contribution in [0.4, 0.5) is 0 Å². The SMILES string of the molecule is CC(=O)O.CC(=O)O.CC(=O)O.CC(=O)O.O=C(O)C(C(O)CO)(C(CO)(CO)OCO)C(CO)(CO)OCO. The van der Waals surface area contributed by atoms with Crippen LogP contribution in [-0.2, 0) is 33.4 Å². The Kier molecular flexibility index (Phi) is 29.2. The Labute approximate surface area is 227 Å². The molecule has 0 fully saturated rings. The van der Waals surface area contributed by atoms with Gasteiger partial charge in [0.05, 0.1) is 39.1 Å². The molecule has 0 heterocycles. The molecule has 0 spiro atoms. The normalized spacial score (nSPS) is 11.3. The Morgan fingerprint density at radius 1 is 0.550 bits per heavy atom. The molecule has 0 rings (SSSR count). The maximum atomic E-state index is 12.1. The van der Waals surface area contributed by atoms with E-state index in [-0.39, 0.29) is 0 Å². The predicted octanol–water partition coefficient (Wildman–Crippen LogP) is -4.85. The molecule has 0 aliphatic heterocycles. The fourth-order valence-corrected chi connectivity index (χ4v) is 2.95. The van der Waals surface area contributed by atoms with Crippen LogP contribution < -0.4 is 0 Å². The van der Waals surface area contributed by atoms with E-state index in [2.05, 4.69) is 0 Å². The molecule has 20 heteroatoms. The zero-order valence-corrected chi connectivity index (χ0v) is 22.2. The number of ether oxygens (including phenoxy) is 2. The van der Waals surface area contributed by atoms with Crippen molar-refractivity contribution in [3.05, 3.63) is 0 Å². The summed E-state index contributed by atoms with van der Waals surface area (Å²) >= 11 is 0. The third kappa shape index (κ3) is 16.8. The number of carboxylic acid groups (broad SMARTS) is 5. The van der Waals surface area contributed by atoms with Gasteiger partial charge in [-0.2, -0.15) is 0 Å². The van der Waals surface area contributed by atoms with Crippen molar-refractivity contribution in [3.8, 4) is 0 Å². The van der Waals surface area contributed by atoms with Crippen molar-refractivity contribution >= 4 is 29.8 Å². The second-order valence-electron chi connectivity index (χ2n) is 7.06. The van der Waals surface area contributed by atoms with Gasteiger partial charge in [-0.1, -0.05) is 0 Å². The van der Waals surface area contributed by atoms with Crippen LogP contribution in [0, 0.1) is 5.41 Å². The number of carboxylic acids is 5. The molecule has 1 unspecified atom stereocenters. The van der Waals surface area contributed by atoms with Crippen LogP contribution in [-0.4, -0.2) is 160 Å². The summed E-state index contributed by atoms with van der Waals surface area (Å²) in [6, 6.07) is 0. The number of hydrogen-bond acceptors (Lipinski definition) is 15. The van der Waals surface area contributed by atoms with Gasteiger partial charge in [0.15, 0.2) is 5.41 Å². The third-order valence-corrected chi connectivity index (χ3v) is 4.15. The molecule has 0 amide bonds. The molecule has 0 aliphatic carbocycles. The molecular weight excluding hydrogens is 560 g/mol. The van der Waals surface area contributed by atoms with Crippen LogP contribution in [0.25, 0.3) is 0 Å². The van der Waals surface area contributed by atoms with Crippen molar-refractivity contribution in [1.29, 1.82) is 0 Å². The van der Waals surface area contributed by atoms with Crippen LogP contribution in [0.15, 0.2) is 0 Å². The highest BCUT2D eigenvalue weighted by atomic mass is 16.6. The smallest absolute Gasteiger partial charge is 0.318 e. The molecule has 40 heavy (non-hydrogen) atoms. The number of rotatable bonds is 13. The Morgan fingerprint density at radius 3 is 0.850 bits per heavy atom. The molecule has 1 atom stereocenters. The van der Waals surface area contributed by atoms with Gasteiger partial charge in [-0.25, -0.2) is 0 Å². The van der Waals surface area contributed by atoms with Gasteiger partial charge in [0.2, 0.25) is 0 Å². The van der Waals surface area contributed by atoms with E-state index in [1.165, 1.54) is 0 Å². The van der Waals surface area contributed by atoms with E-state index >= 15 is 0 Å². The lowest BCUT2D eigenvalue weighted by atomic mass is 9.58. The number of aliphatic hydroxyl groups excluding tert-OH is 8. The lowest BCUT2D eigenvalue weighted by molar-refractivity contribution is -0.320. The van der Waals surface area contributed by atoms with E-state index < -0.39 is 99.2 Å². The average Bonchev–Trinajstić information content (AvgIpc) is 2.81. The molecule has 0 saturated carbocycles. The average molecular weight is 601 g/mol. The second-order valence-corrected chi connectivity index (χ2v) is 7.06. The lowest BCUT2D eigenvalue weighted by Crippen LogP contribution is -2.77. The standard InChI is InChI=1S/C12H24O12.4C2H4O2/c13-1-8(20)12(9(21)22,10(2-14,3-15)23-6-18)11(4-16,5-17)24-7-19;4*1-2(3)4/h8,13-20H,1-7H2,(H,21,22);4*1H3,(H,3,4). The van der Waals surface area contributed by atoms with E-state index in [9.17, 15) is 40.5 Å². The van der Waals surface area contributed by atoms with Crippen molar-refractivity contribution in [2.75, 3.05) is 46.6 Å². The first-order valence-electron chi connectivity index (χ1n) is 10.5. The highest BCUT2D eigenvalue weighted by Gasteiger charge is 2.73. The first kappa shape index (κ1) is 46.8. The molecule has 20 nitrogen and oxygen atoms in total. The molecule has 0 aromatic rings. The molecule has 0 saturated heterocycles. The monoisotopic (exact) mass is 600 g/mol. The lowest BCUT2D eigenvalue weighted by Gasteiger charge is -2.55. The fourth-order valence-electron chi connectivity index (χ4n) is 2.95.